The molecular formula is C17H17N5O5S. The van der Waals surface area contributed by atoms with Crippen LogP contribution in [0.25, 0.3) is 10.2 Å². The van der Waals surface area contributed by atoms with Gasteiger partial charge < -0.3 is 9.30 Å². The van der Waals surface area contributed by atoms with Gasteiger partial charge in [-0.3, -0.25) is 24.4 Å². The molecule has 0 fully saturated rings. The topological polar surface area (TPSA) is 122 Å². The molecule has 0 unspecified atom stereocenters. The van der Waals surface area contributed by atoms with Gasteiger partial charge in [-0.2, -0.15) is 10.1 Å². The number of nitro groups is 1. The summed E-state index contributed by atoms with van der Waals surface area (Å²) in [5.74, 6) is -1.05. The van der Waals surface area contributed by atoms with E-state index in [-0.39, 0.29) is 23.1 Å². The number of esters is 1. The van der Waals surface area contributed by atoms with Gasteiger partial charge in [-0.15, -0.1) is 0 Å². The third-order valence-corrected chi connectivity index (χ3v) is 5.01. The van der Waals surface area contributed by atoms with Crippen molar-refractivity contribution in [2.75, 3.05) is 7.11 Å². The number of amides is 1. The first-order valence-electron chi connectivity index (χ1n) is 8.29. The number of rotatable bonds is 5. The molecule has 0 atom stereocenters. The van der Waals surface area contributed by atoms with Gasteiger partial charge in [0.25, 0.3) is 11.6 Å². The van der Waals surface area contributed by atoms with Gasteiger partial charge in [0.2, 0.25) is 0 Å². The lowest BCUT2D eigenvalue weighted by molar-refractivity contribution is -0.384. The molecule has 3 aromatic rings. The zero-order valence-electron chi connectivity index (χ0n) is 15.4. The number of nitrogens with zero attached hydrogens (tertiary/aromatic N) is 5. The van der Waals surface area contributed by atoms with Crippen LogP contribution in [0.3, 0.4) is 0 Å². The van der Waals surface area contributed by atoms with Gasteiger partial charge in [-0.25, -0.2) is 0 Å². The lowest BCUT2D eigenvalue weighted by Gasteiger charge is -2.08. The molecule has 0 N–H and O–H groups in total. The Bertz CT molecular complexity index is 1140. The van der Waals surface area contributed by atoms with Gasteiger partial charge in [0.15, 0.2) is 4.80 Å². The molecule has 0 spiro atoms. The summed E-state index contributed by atoms with van der Waals surface area (Å²) in [7, 11) is 1.26. The summed E-state index contributed by atoms with van der Waals surface area (Å²) in [6, 6.07) is 5.78. The summed E-state index contributed by atoms with van der Waals surface area (Å²) >= 11 is 1.08. The predicted octanol–water partition coefficient (Wildman–Crippen LogP) is 2.30. The Kier molecular flexibility index (Phi) is 5.36. The molecule has 1 aromatic carbocycles. The normalized spacial score (nSPS) is 11.9. The van der Waals surface area contributed by atoms with Crippen LogP contribution in [0.1, 0.15) is 30.4 Å². The molecule has 2 heterocycles. The molecule has 146 valence electrons. The molecule has 0 aliphatic rings. The molecule has 2 aromatic heterocycles. The first-order chi connectivity index (χ1) is 13.3. The number of methoxy groups -OCH3 is 1. The monoisotopic (exact) mass is 403 g/mol. The van der Waals surface area contributed by atoms with Crippen LogP contribution in [-0.4, -0.2) is 38.3 Å². The minimum absolute atomic E-state index is 0.0311. The zero-order valence-corrected chi connectivity index (χ0v) is 16.2. The minimum atomic E-state index is -0.529. The summed E-state index contributed by atoms with van der Waals surface area (Å²) < 4.78 is 8.30. The second-order valence-electron chi connectivity index (χ2n) is 6.13. The molecule has 11 heteroatoms. The van der Waals surface area contributed by atoms with Crippen LogP contribution >= 0.6 is 11.3 Å². The molecule has 0 aliphatic heterocycles. The van der Waals surface area contributed by atoms with Crippen LogP contribution in [0.4, 0.5) is 5.69 Å². The van der Waals surface area contributed by atoms with Crippen LogP contribution in [0.2, 0.25) is 0 Å². The molecule has 0 saturated heterocycles. The van der Waals surface area contributed by atoms with Crippen molar-refractivity contribution in [3.8, 4) is 0 Å². The number of fused-ring (bicyclic) bond motifs is 1. The largest absolute Gasteiger partial charge is 0.468 e. The van der Waals surface area contributed by atoms with Crippen molar-refractivity contribution in [1.29, 1.82) is 0 Å². The Labute approximate surface area is 162 Å². The van der Waals surface area contributed by atoms with E-state index in [0.717, 1.165) is 11.3 Å². The fourth-order valence-corrected chi connectivity index (χ4v) is 3.71. The standard InChI is InChI=1S/C17H17N5O5S/c1-10(2)21-13(6-7-18-21)16(24)19-17-20(9-15(23)27-3)12-5-4-11(22(25)26)8-14(12)28-17/h4-8,10H,9H2,1-3H3. The highest BCUT2D eigenvalue weighted by atomic mass is 32.1. The number of benzene rings is 1. The van der Waals surface area contributed by atoms with E-state index in [2.05, 4.69) is 10.1 Å². The van der Waals surface area contributed by atoms with Gasteiger partial charge in [0.1, 0.15) is 12.2 Å². The van der Waals surface area contributed by atoms with Crippen molar-refractivity contribution in [2.24, 2.45) is 4.99 Å². The van der Waals surface area contributed by atoms with E-state index in [0.29, 0.717) is 15.9 Å². The first-order valence-corrected chi connectivity index (χ1v) is 9.10. The number of hydrogen-bond donors (Lipinski definition) is 0. The van der Waals surface area contributed by atoms with Gasteiger partial charge in [0.05, 0.1) is 22.2 Å². The molecular weight excluding hydrogens is 386 g/mol. The molecule has 0 radical (unpaired) electrons. The Morgan fingerprint density at radius 2 is 2.11 bits per heavy atom. The van der Waals surface area contributed by atoms with Crippen molar-refractivity contribution in [1.82, 2.24) is 14.3 Å². The maximum absolute atomic E-state index is 12.7. The third kappa shape index (κ3) is 3.69. The molecule has 3 rings (SSSR count). The van der Waals surface area contributed by atoms with Gasteiger partial charge in [-0.1, -0.05) is 11.3 Å². The van der Waals surface area contributed by atoms with Gasteiger partial charge in [-0.05, 0) is 26.0 Å². The summed E-state index contributed by atoms with van der Waals surface area (Å²) in [4.78, 5) is 39.4. The molecule has 28 heavy (non-hydrogen) atoms. The van der Waals surface area contributed by atoms with E-state index in [1.54, 1.807) is 10.7 Å². The average Bonchev–Trinajstić information content (AvgIpc) is 3.26. The average molecular weight is 403 g/mol. The summed E-state index contributed by atoms with van der Waals surface area (Å²) in [6.07, 6.45) is 1.51. The fourth-order valence-electron chi connectivity index (χ4n) is 2.65. The molecule has 0 saturated carbocycles. The van der Waals surface area contributed by atoms with Crippen LogP contribution in [-0.2, 0) is 16.1 Å². The predicted molar refractivity (Wildman–Crippen MR) is 101 cm³/mol. The Hall–Kier alpha value is -3.34. The van der Waals surface area contributed by atoms with Crippen LogP contribution in [0.5, 0.6) is 0 Å². The zero-order chi connectivity index (χ0) is 20.4. The maximum Gasteiger partial charge on any atom is 0.325 e. The number of thiazole rings is 1. The molecule has 1 amide bonds. The highest BCUT2D eigenvalue weighted by Crippen LogP contribution is 2.23. The second kappa shape index (κ2) is 7.72. The molecule has 10 nitrogen and oxygen atoms in total. The first kappa shape index (κ1) is 19.4. The Morgan fingerprint density at radius 3 is 2.75 bits per heavy atom. The maximum atomic E-state index is 12.7. The van der Waals surface area contributed by atoms with Crippen molar-refractivity contribution in [3.05, 3.63) is 51.1 Å². The van der Waals surface area contributed by atoms with Gasteiger partial charge in [0, 0.05) is 24.4 Å². The number of aromatic nitrogens is 3. The molecule has 0 bridgehead atoms. The number of hydrogen-bond acceptors (Lipinski definition) is 7. The lowest BCUT2D eigenvalue weighted by Crippen LogP contribution is -2.23. The summed E-state index contributed by atoms with van der Waals surface area (Å²) in [5.41, 5.74) is 0.766. The minimum Gasteiger partial charge on any atom is -0.468 e. The number of nitro benzene ring substituents is 1. The van der Waals surface area contributed by atoms with Crippen molar-refractivity contribution >= 4 is 39.1 Å². The van der Waals surface area contributed by atoms with Crippen molar-refractivity contribution in [3.63, 3.8) is 0 Å². The highest BCUT2D eigenvalue weighted by Gasteiger charge is 2.17. The Morgan fingerprint density at radius 1 is 1.36 bits per heavy atom. The van der Waals surface area contributed by atoms with E-state index in [4.69, 9.17) is 4.74 Å². The van der Waals surface area contributed by atoms with E-state index < -0.39 is 16.8 Å². The number of carbonyl (C=O) groups excluding carboxylic acids is 2. The quantitative estimate of drug-likeness (QED) is 0.366. The summed E-state index contributed by atoms with van der Waals surface area (Å²) in [6.45, 7) is 3.60. The van der Waals surface area contributed by atoms with E-state index in [1.165, 1.54) is 36.1 Å². The van der Waals surface area contributed by atoms with Crippen LogP contribution < -0.4 is 4.80 Å². The number of non-ortho nitro benzene ring substituents is 1. The van der Waals surface area contributed by atoms with Crippen molar-refractivity contribution < 1.29 is 19.2 Å². The highest BCUT2D eigenvalue weighted by molar-refractivity contribution is 7.16. The Balaban J connectivity index is 2.17. The second-order valence-corrected chi connectivity index (χ2v) is 7.14. The molecule has 0 aliphatic carbocycles. The van der Waals surface area contributed by atoms with Crippen molar-refractivity contribution in [2.45, 2.75) is 26.4 Å². The van der Waals surface area contributed by atoms with Crippen LogP contribution in [0, 0.1) is 10.1 Å². The van der Waals surface area contributed by atoms with E-state index in [1.807, 2.05) is 13.8 Å². The number of ether oxygens (including phenoxy) is 1. The van der Waals surface area contributed by atoms with E-state index >= 15 is 0 Å². The SMILES string of the molecule is COC(=O)Cn1c(=NC(=O)c2ccnn2C(C)C)sc2cc([N+](=O)[O-])ccc21. The smallest absolute Gasteiger partial charge is 0.325 e. The van der Waals surface area contributed by atoms with Crippen LogP contribution in [0.15, 0.2) is 35.5 Å². The summed E-state index contributed by atoms with van der Waals surface area (Å²) in [5, 5.41) is 15.2. The third-order valence-electron chi connectivity index (χ3n) is 3.97. The van der Waals surface area contributed by atoms with E-state index in [9.17, 15) is 19.7 Å². The number of carbonyl (C=O) groups is 2. The van der Waals surface area contributed by atoms with Gasteiger partial charge >= 0.3 is 5.97 Å². The lowest BCUT2D eigenvalue weighted by atomic mass is 10.3. The fraction of sp³-hybridized carbons (Fsp3) is 0.294.